The van der Waals surface area contributed by atoms with Gasteiger partial charge < -0.3 is 20.9 Å². The average molecular weight is 271 g/mol. The molecule has 19 heavy (non-hydrogen) atoms. The zero-order chi connectivity index (χ0) is 14.3. The lowest BCUT2D eigenvalue weighted by Gasteiger charge is -2.27. The van der Waals surface area contributed by atoms with Crippen molar-refractivity contribution in [3.8, 4) is 0 Å². The fourth-order valence-electron chi connectivity index (χ4n) is 2.83. The Balaban J connectivity index is 2.32. The fourth-order valence-corrected chi connectivity index (χ4v) is 2.83. The van der Waals surface area contributed by atoms with Crippen molar-refractivity contribution in [1.82, 2.24) is 4.90 Å². The summed E-state index contributed by atoms with van der Waals surface area (Å²) in [6.07, 6.45) is 6.49. The highest BCUT2D eigenvalue weighted by Gasteiger charge is 2.26. The van der Waals surface area contributed by atoms with Gasteiger partial charge in [-0.2, -0.15) is 0 Å². The first kappa shape index (κ1) is 16.2. The van der Waals surface area contributed by atoms with Crippen LogP contribution in [0.5, 0.6) is 0 Å². The highest BCUT2D eigenvalue weighted by molar-refractivity contribution is 5.85. The number of rotatable bonds is 8. The number of aliphatic hydroxyl groups is 1. The molecule has 112 valence electrons. The van der Waals surface area contributed by atoms with Crippen LogP contribution in [0.2, 0.25) is 0 Å². The predicted octanol–water partition coefficient (Wildman–Crippen LogP) is 1.78. The van der Waals surface area contributed by atoms with E-state index < -0.39 is 0 Å². The number of nitrogens with zero attached hydrogens (tertiary/aromatic N) is 2. The van der Waals surface area contributed by atoms with Gasteiger partial charge in [-0.3, -0.25) is 0 Å². The molecular formula is C14H29N3O2. The van der Waals surface area contributed by atoms with Crippen LogP contribution in [-0.4, -0.2) is 46.8 Å². The molecule has 1 fully saturated rings. The Morgan fingerprint density at radius 3 is 2.79 bits per heavy atom. The molecule has 1 aliphatic heterocycles. The average Bonchev–Trinajstić information content (AvgIpc) is 2.82. The molecule has 1 atom stereocenters. The molecule has 0 aromatic carbocycles. The van der Waals surface area contributed by atoms with Crippen LogP contribution in [0.1, 0.15) is 52.4 Å². The van der Waals surface area contributed by atoms with Gasteiger partial charge in [0.1, 0.15) is 5.84 Å². The Morgan fingerprint density at radius 2 is 2.16 bits per heavy atom. The van der Waals surface area contributed by atoms with Gasteiger partial charge in [0.2, 0.25) is 0 Å². The zero-order valence-electron chi connectivity index (χ0n) is 12.3. The third kappa shape index (κ3) is 4.99. The zero-order valence-corrected chi connectivity index (χ0v) is 12.3. The number of aliphatic hydroxyl groups excluding tert-OH is 1. The molecule has 1 unspecified atom stereocenters. The van der Waals surface area contributed by atoms with Crippen molar-refractivity contribution in [1.29, 1.82) is 0 Å². The third-order valence-corrected chi connectivity index (χ3v) is 4.24. The van der Waals surface area contributed by atoms with Crippen molar-refractivity contribution in [2.45, 2.75) is 58.4 Å². The maximum atomic E-state index is 8.91. The topological polar surface area (TPSA) is 82.1 Å². The van der Waals surface area contributed by atoms with Gasteiger partial charge in [0.25, 0.3) is 0 Å². The normalized spacial score (nSPS) is 22.1. The number of hydrogen-bond acceptors (Lipinski definition) is 4. The number of oxime groups is 1. The van der Waals surface area contributed by atoms with Crippen LogP contribution >= 0.6 is 0 Å². The Hall–Kier alpha value is -0.810. The van der Waals surface area contributed by atoms with E-state index in [0.29, 0.717) is 18.5 Å². The minimum Gasteiger partial charge on any atom is -0.409 e. The van der Waals surface area contributed by atoms with Gasteiger partial charge in [0, 0.05) is 18.1 Å². The van der Waals surface area contributed by atoms with E-state index >= 15 is 0 Å². The van der Waals surface area contributed by atoms with E-state index in [0.717, 1.165) is 32.2 Å². The largest absolute Gasteiger partial charge is 0.409 e. The van der Waals surface area contributed by atoms with Crippen LogP contribution in [-0.2, 0) is 0 Å². The second kappa shape index (κ2) is 7.70. The Morgan fingerprint density at radius 1 is 1.42 bits per heavy atom. The summed E-state index contributed by atoms with van der Waals surface area (Å²) in [5.41, 5.74) is 5.46. The first-order chi connectivity index (χ1) is 9.01. The van der Waals surface area contributed by atoms with Crippen LogP contribution in [0.15, 0.2) is 5.16 Å². The highest BCUT2D eigenvalue weighted by Crippen LogP contribution is 2.25. The molecule has 0 aromatic rings. The molecule has 0 amide bonds. The van der Waals surface area contributed by atoms with Crippen LogP contribution in [0.4, 0.5) is 0 Å². The first-order valence-electron chi connectivity index (χ1n) is 7.34. The van der Waals surface area contributed by atoms with Crippen molar-refractivity contribution >= 4 is 5.84 Å². The summed E-state index contributed by atoms with van der Waals surface area (Å²) >= 11 is 0. The Bertz CT molecular complexity index is 292. The third-order valence-electron chi connectivity index (χ3n) is 4.24. The van der Waals surface area contributed by atoms with Gasteiger partial charge in [-0.05, 0) is 51.6 Å². The molecule has 0 aliphatic carbocycles. The van der Waals surface area contributed by atoms with Crippen LogP contribution in [0.25, 0.3) is 0 Å². The second-order valence-corrected chi connectivity index (χ2v) is 6.17. The van der Waals surface area contributed by atoms with Gasteiger partial charge in [-0.15, -0.1) is 0 Å². The monoisotopic (exact) mass is 271 g/mol. The number of likely N-dealkylation sites (tertiary alicyclic amines) is 1. The SMILES string of the molecule is CC(C)(CCCN1CCCC1CCCO)C(N)=NO. The van der Waals surface area contributed by atoms with Crippen molar-refractivity contribution in [2.75, 3.05) is 19.7 Å². The maximum absolute atomic E-state index is 8.91. The lowest BCUT2D eigenvalue weighted by atomic mass is 9.86. The number of nitrogens with two attached hydrogens (primary N) is 1. The van der Waals surface area contributed by atoms with Gasteiger partial charge in [0.05, 0.1) is 0 Å². The van der Waals surface area contributed by atoms with Gasteiger partial charge >= 0.3 is 0 Å². The summed E-state index contributed by atoms with van der Waals surface area (Å²) < 4.78 is 0. The van der Waals surface area contributed by atoms with Crippen LogP contribution in [0, 0.1) is 5.41 Å². The quantitative estimate of drug-likeness (QED) is 0.272. The van der Waals surface area contributed by atoms with E-state index in [1.54, 1.807) is 0 Å². The van der Waals surface area contributed by atoms with E-state index in [1.807, 2.05) is 13.8 Å². The smallest absolute Gasteiger partial charge is 0.144 e. The van der Waals surface area contributed by atoms with Crippen molar-refractivity contribution < 1.29 is 10.3 Å². The van der Waals surface area contributed by atoms with E-state index in [-0.39, 0.29) is 5.41 Å². The standard InChI is InChI=1S/C14H29N3O2/c1-14(2,13(15)16-19)8-5-10-17-9-3-6-12(17)7-4-11-18/h12,18-19H,3-11H2,1-2H3,(H2,15,16). The van der Waals surface area contributed by atoms with E-state index in [9.17, 15) is 0 Å². The molecule has 4 N–H and O–H groups in total. The number of hydrogen-bond donors (Lipinski definition) is 3. The van der Waals surface area contributed by atoms with Crippen molar-refractivity contribution in [2.24, 2.45) is 16.3 Å². The van der Waals surface area contributed by atoms with Crippen molar-refractivity contribution in [3.63, 3.8) is 0 Å². The van der Waals surface area contributed by atoms with Crippen molar-refractivity contribution in [3.05, 3.63) is 0 Å². The number of amidine groups is 1. The summed E-state index contributed by atoms with van der Waals surface area (Å²) in [4.78, 5) is 2.53. The minimum absolute atomic E-state index is 0.241. The fraction of sp³-hybridized carbons (Fsp3) is 0.929. The molecule has 1 heterocycles. The molecule has 1 aliphatic rings. The van der Waals surface area contributed by atoms with Crippen LogP contribution < -0.4 is 5.73 Å². The molecule has 5 heteroatoms. The highest BCUT2D eigenvalue weighted by atomic mass is 16.4. The molecule has 0 radical (unpaired) electrons. The molecule has 1 saturated heterocycles. The Labute approximate surface area is 116 Å². The summed E-state index contributed by atoms with van der Waals surface area (Å²) in [7, 11) is 0. The van der Waals surface area contributed by atoms with Crippen LogP contribution in [0.3, 0.4) is 0 Å². The van der Waals surface area contributed by atoms with E-state index in [1.165, 1.54) is 19.4 Å². The maximum Gasteiger partial charge on any atom is 0.144 e. The predicted molar refractivity (Wildman–Crippen MR) is 77.3 cm³/mol. The molecule has 0 aromatic heterocycles. The summed E-state index contributed by atoms with van der Waals surface area (Å²) in [6, 6.07) is 0.638. The molecule has 1 rings (SSSR count). The van der Waals surface area contributed by atoms with E-state index in [2.05, 4.69) is 10.1 Å². The second-order valence-electron chi connectivity index (χ2n) is 6.17. The molecule has 0 saturated carbocycles. The van der Waals surface area contributed by atoms with E-state index in [4.69, 9.17) is 16.0 Å². The Kier molecular flexibility index (Phi) is 6.58. The molecule has 0 bridgehead atoms. The summed E-state index contributed by atoms with van der Waals surface area (Å²) in [6.45, 7) is 6.55. The van der Waals surface area contributed by atoms with Gasteiger partial charge in [-0.25, -0.2) is 0 Å². The summed E-state index contributed by atoms with van der Waals surface area (Å²) in [5.74, 6) is 0.311. The first-order valence-corrected chi connectivity index (χ1v) is 7.34. The molecular weight excluding hydrogens is 242 g/mol. The molecule has 5 nitrogen and oxygen atoms in total. The summed E-state index contributed by atoms with van der Waals surface area (Å²) in [5, 5.41) is 20.8. The molecule has 0 spiro atoms. The lowest BCUT2D eigenvalue weighted by molar-refractivity contribution is 0.208. The van der Waals surface area contributed by atoms with Gasteiger partial charge in [0.15, 0.2) is 0 Å². The van der Waals surface area contributed by atoms with Gasteiger partial charge in [-0.1, -0.05) is 19.0 Å². The minimum atomic E-state index is -0.241. The lowest BCUT2D eigenvalue weighted by Crippen LogP contribution is -2.34.